The maximum absolute atomic E-state index is 12.3. The molecule has 0 bridgehead atoms. The zero-order valence-corrected chi connectivity index (χ0v) is 17.0. The van der Waals surface area contributed by atoms with Crippen molar-refractivity contribution in [1.29, 1.82) is 0 Å². The number of rotatable bonds is 6. The van der Waals surface area contributed by atoms with E-state index in [4.69, 9.17) is 4.74 Å². The van der Waals surface area contributed by atoms with E-state index in [0.717, 1.165) is 16.7 Å². The molecule has 0 saturated heterocycles. The molecule has 0 fully saturated rings. The van der Waals surface area contributed by atoms with Gasteiger partial charge < -0.3 is 4.74 Å². The van der Waals surface area contributed by atoms with Gasteiger partial charge in [-0.2, -0.15) is 0 Å². The summed E-state index contributed by atoms with van der Waals surface area (Å²) in [5.74, 6) is -0.338. The number of carbonyl (C=O) groups is 2. The molecule has 0 aromatic heterocycles. The number of aryl methyl sites for hydroxylation is 2. The third kappa shape index (κ3) is 5.89. The number of carbonyl (C=O) groups excluding carboxylic acids is 2. The smallest absolute Gasteiger partial charge is 0.269 e. The van der Waals surface area contributed by atoms with Crippen LogP contribution < -0.4 is 15.6 Å². The van der Waals surface area contributed by atoms with Crippen LogP contribution in [0.25, 0.3) is 0 Å². The average molecular weight is 419 g/mol. The van der Waals surface area contributed by atoms with Crippen LogP contribution in [0.2, 0.25) is 0 Å². The van der Waals surface area contributed by atoms with Gasteiger partial charge in [-0.3, -0.25) is 30.6 Å². The molecule has 2 amide bonds. The van der Waals surface area contributed by atoms with E-state index in [1.54, 1.807) is 36.4 Å². The molecule has 0 aliphatic rings. The number of nitrogens with one attached hydrogen (secondary N) is 2. The number of benzene rings is 3. The fourth-order valence-corrected chi connectivity index (χ4v) is 2.95. The van der Waals surface area contributed by atoms with Gasteiger partial charge in [0.1, 0.15) is 12.4 Å². The molecule has 0 unspecified atom stereocenters. The molecule has 0 aliphatic heterocycles. The van der Waals surface area contributed by atoms with Crippen molar-refractivity contribution in [3.05, 3.63) is 105 Å². The second kappa shape index (κ2) is 9.53. The van der Waals surface area contributed by atoms with E-state index < -0.39 is 16.7 Å². The Morgan fingerprint density at radius 2 is 1.39 bits per heavy atom. The van der Waals surface area contributed by atoms with E-state index in [-0.39, 0.29) is 12.3 Å². The van der Waals surface area contributed by atoms with Gasteiger partial charge in [-0.05, 0) is 55.8 Å². The first-order chi connectivity index (χ1) is 14.8. The first kappa shape index (κ1) is 21.5. The van der Waals surface area contributed by atoms with E-state index in [1.165, 1.54) is 24.3 Å². The van der Waals surface area contributed by atoms with Crippen LogP contribution in [0, 0.1) is 24.0 Å². The van der Waals surface area contributed by atoms with Gasteiger partial charge in [0.2, 0.25) is 0 Å². The number of nitrogens with zero attached hydrogens (tertiary/aromatic N) is 1. The Labute approximate surface area is 179 Å². The zero-order chi connectivity index (χ0) is 22.4. The largest absolute Gasteiger partial charge is 0.489 e. The van der Waals surface area contributed by atoms with Crippen molar-refractivity contribution in [1.82, 2.24) is 10.9 Å². The van der Waals surface area contributed by atoms with Crippen molar-refractivity contribution < 1.29 is 19.2 Å². The number of nitro benzene ring substituents is 1. The van der Waals surface area contributed by atoms with E-state index in [1.807, 2.05) is 19.9 Å². The summed E-state index contributed by atoms with van der Waals surface area (Å²) < 4.78 is 5.59. The van der Waals surface area contributed by atoms with Crippen LogP contribution in [0.5, 0.6) is 5.75 Å². The van der Waals surface area contributed by atoms with E-state index >= 15 is 0 Å². The minimum atomic E-state index is -0.474. The molecular formula is C23H21N3O5. The first-order valence-electron chi connectivity index (χ1n) is 9.47. The molecule has 2 N–H and O–H groups in total. The first-order valence-corrected chi connectivity index (χ1v) is 9.47. The Bertz CT molecular complexity index is 1090. The van der Waals surface area contributed by atoms with Crippen LogP contribution in [0.3, 0.4) is 0 Å². The number of hydrazine groups is 1. The molecule has 158 valence electrons. The Kier molecular flexibility index (Phi) is 6.61. The van der Waals surface area contributed by atoms with Crippen molar-refractivity contribution in [2.75, 3.05) is 0 Å². The lowest BCUT2D eigenvalue weighted by atomic mass is 10.1. The molecule has 0 heterocycles. The van der Waals surface area contributed by atoms with Crippen LogP contribution in [-0.4, -0.2) is 16.7 Å². The van der Waals surface area contributed by atoms with Gasteiger partial charge in [-0.15, -0.1) is 0 Å². The summed E-state index contributed by atoms with van der Waals surface area (Å²) in [6, 6.07) is 17.9. The molecule has 3 aromatic rings. The predicted molar refractivity (Wildman–Crippen MR) is 115 cm³/mol. The van der Waals surface area contributed by atoms with Crippen LogP contribution in [0.4, 0.5) is 5.69 Å². The van der Waals surface area contributed by atoms with E-state index in [0.29, 0.717) is 16.9 Å². The lowest BCUT2D eigenvalue weighted by Gasteiger charge is -2.10. The van der Waals surface area contributed by atoms with Crippen LogP contribution >= 0.6 is 0 Å². The van der Waals surface area contributed by atoms with Gasteiger partial charge in [-0.25, -0.2) is 0 Å². The maximum atomic E-state index is 12.3. The molecule has 8 nitrogen and oxygen atoms in total. The zero-order valence-electron chi connectivity index (χ0n) is 17.0. The number of non-ortho nitro benzene ring substituents is 1. The second-order valence-corrected chi connectivity index (χ2v) is 7.02. The van der Waals surface area contributed by atoms with Gasteiger partial charge >= 0.3 is 0 Å². The summed E-state index contributed by atoms with van der Waals surface area (Å²) in [6.45, 7) is 4.04. The molecule has 0 aliphatic carbocycles. The van der Waals surface area contributed by atoms with Gasteiger partial charge in [0.15, 0.2) is 0 Å². The fraction of sp³-hybridized carbons (Fsp3) is 0.130. The van der Waals surface area contributed by atoms with Gasteiger partial charge in [0, 0.05) is 23.3 Å². The highest BCUT2D eigenvalue weighted by Crippen LogP contribution is 2.18. The van der Waals surface area contributed by atoms with Crippen LogP contribution in [0.1, 0.15) is 37.4 Å². The topological polar surface area (TPSA) is 111 Å². The second-order valence-electron chi connectivity index (χ2n) is 7.02. The van der Waals surface area contributed by atoms with Crippen molar-refractivity contribution in [2.24, 2.45) is 0 Å². The third-order valence-electron chi connectivity index (χ3n) is 4.44. The Hall–Kier alpha value is -4.20. The monoisotopic (exact) mass is 419 g/mol. The van der Waals surface area contributed by atoms with E-state index in [9.17, 15) is 19.7 Å². The summed E-state index contributed by atoms with van der Waals surface area (Å²) in [5.41, 5.74) is 8.39. The van der Waals surface area contributed by atoms with Crippen LogP contribution in [-0.2, 0) is 6.61 Å². The average Bonchev–Trinajstić information content (AvgIpc) is 2.75. The highest BCUT2D eigenvalue weighted by molar-refractivity contribution is 5.99. The molecular weight excluding hydrogens is 398 g/mol. The molecule has 0 spiro atoms. The standard InChI is InChI=1S/C23H21N3O5/c1-15-11-16(2)13-19(12-15)23(28)25-24-22(27)18-5-3-17(4-6-18)14-31-21-9-7-20(8-10-21)26(29)30/h3-13H,14H2,1-2H3,(H,24,27)(H,25,28). The molecule has 3 rings (SSSR count). The Morgan fingerprint density at radius 3 is 1.94 bits per heavy atom. The van der Waals surface area contributed by atoms with E-state index in [2.05, 4.69) is 10.9 Å². The van der Waals surface area contributed by atoms with Crippen LogP contribution in [0.15, 0.2) is 66.7 Å². The number of nitro groups is 1. The Balaban J connectivity index is 1.52. The maximum Gasteiger partial charge on any atom is 0.269 e. The lowest BCUT2D eigenvalue weighted by Crippen LogP contribution is -2.41. The molecule has 31 heavy (non-hydrogen) atoms. The quantitative estimate of drug-likeness (QED) is 0.466. The predicted octanol–water partition coefficient (Wildman–Crippen LogP) is 3.87. The number of hydrogen-bond donors (Lipinski definition) is 2. The Morgan fingerprint density at radius 1 is 0.839 bits per heavy atom. The van der Waals surface area contributed by atoms with Gasteiger partial charge in [-0.1, -0.05) is 29.3 Å². The SMILES string of the molecule is Cc1cc(C)cc(C(=O)NNC(=O)c2ccc(COc3ccc([N+](=O)[O-])cc3)cc2)c1. The molecule has 0 saturated carbocycles. The number of amides is 2. The lowest BCUT2D eigenvalue weighted by molar-refractivity contribution is -0.384. The normalized spacial score (nSPS) is 10.3. The van der Waals surface area contributed by atoms with Gasteiger partial charge in [0.05, 0.1) is 4.92 Å². The summed E-state index contributed by atoms with van der Waals surface area (Å²) >= 11 is 0. The minimum absolute atomic E-state index is 0.00709. The molecule has 0 atom stereocenters. The number of hydrogen-bond acceptors (Lipinski definition) is 5. The van der Waals surface area contributed by atoms with Gasteiger partial charge in [0.25, 0.3) is 17.5 Å². The summed E-state index contributed by atoms with van der Waals surface area (Å²) in [5, 5.41) is 10.7. The van der Waals surface area contributed by atoms with Crippen molar-refractivity contribution in [3.63, 3.8) is 0 Å². The molecule has 3 aromatic carbocycles. The highest BCUT2D eigenvalue weighted by atomic mass is 16.6. The summed E-state index contributed by atoms with van der Waals surface area (Å²) in [4.78, 5) is 34.7. The molecule has 0 radical (unpaired) electrons. The highest BCUT2D eigenvalue weighted by Gasteiger charge is 2.10. The third-order valence-corrected chi connectivity index (χ3v) is 4.44. The fourth-order valence-electron chi connectivity index (χ4n) is 2.95. The number of ether oxygens (including phenoxy) is 1. The summed E-state index contributed by atoms with van der Waals surface area (Å²) in [7, 11) is 0. The minimum Gasteiger partial charge on any atom is -0.489 e. The van der Waals surface area contributed by atoms with Crippen molar-refractivity contribution in [3.8, 4) is 5.75 Å². The van der Waals surface area contributed by atoms with Crippen molar-refractivity contribution >= 4 is 17.5 Å². The summed E-state index contributed by atoms with van der Waals surface area (Å²) in [6.07, 6.45) is 0. The molecule has 8 heteroatoms. The van der Waals surface area contributed by atoms with Crippen molar-refractivity contribution in [2.45, 2.75) is 20.5 Å².